The third-order valence-electron chi connectivity index (χ3n) is 0.711. The highest BCUT2D eigenvalue weighted by molar-refractivity contribution is 5.66. The Kier molecular flexibility index (Phi) is 13.6. The van der Waals surface area contributed by atoms with Gasteiger partial charge >= 0.3 is 5.97 Å². The number of carboxylic acids is 1. The number of nitrogens with two attached hydrogens (primary N) is 2. The molecule has 10 heavy (non-hydrogen) atoms. The van der Waals surface area contributed by atoms with Gasteiger partial charge in [-0.15, -0.1) is 0 Å². The molecule has 0 rings (SSSR count). The van der Waals surface area contributed by atoms with Gasteiger partial charge in [-0.05, 0) is 19.5 Å². The average molecular weight is 148 g/mol. The number of carboxylic acid groups (broad SMARTS) is 1. The fourth-order valence-corrected chi connectivity index (χ4v) is 0.118. The van der Waals surface area contributed by atoms with Crippen LogP contribution in [0.1, 0.15) is 19.8 Å². The van der Waals surface area contributed by atoms with E-state index in [1.165, 1.54) is 0 Å². The summed E-state index contributed by atoms with van der Waals surface area (Å²) in [6, 6.07) is 0. The topological polar surface area (TPSA) is 89.3 Å². The van der Waals surface area contributed by atoms with Crippen molar-refractivity contribution < 1.29 is 9.90 Å². The van der Waals surface area contributed by atoms with Crippen molar-refractivity contribution in [3.8, 4) is 0 Å². The van der Waals surface area contributed by atoms with Crippen LogP contribution in [-0.4, -0.2) is 24.2 Å². The highest BCUT2D eigenvalue weighted by Crippen LogP contribution is 1.67. The molecule has 0 spiro atoms. The Hall–Kier alpha value is -0.610. The molecule has 0 bridgehead atoms. The largest absolute Gasteiger partial charge is 0.481 e. The number of rotatable bonds is 3. The second-order valence-electron chi connectivity index (χ2n) is 1.68. The minimum atomic E-state index is -0.745. The maximum absolute atomic E-state index is 9.37. The second-order valence-corrected chi connectivity index (χ2v) is 1.68. The summed E-state index contributed by atoms with van der Waals surface area (Å²) in [5.74, 6) is -0.745. The van der Waals surface area contributed by atoms with Crippen molar-refractivity contribution in [2.75, 3.05) is 13.1 Å². The van der Waals surface area contributed by atoms with E-state index in [0.29, 0.717) is 0 Å². The molecule has 4 nitrogen and oxygen atoms in total. The van der Waals surface area contributed by atoms with Gasteiger partial charge in [-0.3, -0.25) is 4.79 Å². The summed E-state index contributed by atoms with van der Waals surface area (Å²) in [5.41, 5.74) is 10.1. The van der Waals surface area contributed by atoms with Crippen molar-refractivity contribution in [3.63, 3.8) is 0 Å². The minimum absolute atomic E-state index is 0.222. The smallest absolute Gasteiger partial charge is 0.303 e. The standard InChI is InChI=1S/C3H10N2.C3H6O2/c4-2-1-3-5;1-2-3(4)5/h1-5H2;2H2,1H3,(H,4,5). The highest BCUT2D eigenvalue weighted by atomic mass is 16.4. The number of carbonyl (C=O) groups is 1. The van der Waals surface area contributed by atoms with Gasteiger partial charge in [0.2, 0.25) is 0 Å². The van der Waals surface area contributed by atoms with Crippen molar-refractivity contribution in [1.82, 2.24) is 0 Å². The molecule has 62 valence electrons. The molecule has 0 aliphatic rings. The Morgan fingerprint density at radius 1 is 1.40 bits per heavy atom. The first kappa shape index (κ1) is 12.1. The molecule has 0 radical (unpaired) electrons. The molecule has 4 heteroatoms. The molecule has 0 fully saturated rings. The lowest BCUT2D eigenvalue weighted by Crippen LogP contribution is -2.06. The van der Waals surface area contributed by atoms with E-state index in [-0.39, 0.29) is 6.42 Å². The van der Waals surface area contributed by atoms with Crippen LogP contribution in [0.4, 0.5) is 0 Å². The Morgan fingerprint density at radius 2 is 1.70 bits per heavy atom. The van der Waals surface area contributed by atoms with E-state index >= 15 is 0 Å². The van der Waals surface area contributed by atoms with E-state index in [1.807, 2.05) is 0 Å². The fourth-order valence-electron chi connectivity index (χ4n) is 0.118. The van der Waals surface area contributed by atoms with Gasteiger partial charge in [-0.1, -0.05) is 6.92 Å². The zero-order valence-electron chi connectivity index (χ0n) is 6.34. The third-order valence-corrected chi connectivity index (χ3v) is 0.711. The zero-order valence-corrected chi connectivity index (χ0v) is 6.34. The summed E-state index contributed by atoms with van der Waals surface area (Å²) in [6.45, 7) is 3.04. The van der Waals surface area contributed by atoms with Crippen LogP contribution in [0.25, 0.3) is 0 Å². The van der Waals surface area contributed by atoms with Crippen molar-refractivity contribution in [3.05, 3.63) is 0 Å². The number of aliphatic carboxylic acids is 1. The quantitative estimate of drug-likeness (QED) is 0.516. The maximum atomic E-state index is 9.37. The summed E-state index contributed by atoms with van der Waals surface area (Å²) in [7, 11) is 0. The normalized spacial score (nSPS) is 7.90. The van der Waals surface area contributed by atoms with Crippen LogP contribution in [0.5, 0.6) is 0 Å². The van der Waals surface area contributed by atoms with Crippen LogP contribution in [0.15, 0.2) is 0 Å². The summed E-state index contributed by atoms with van der Waals surface area (Å²) < 4.78 is 0. The molecule has 0 saturated carbocycles. The Labute approximate surface area is 61.2 Å². The van der Waals surface area contributed by atoms with Crippen LogP contribution < -0.4 is 11.5 Å². The molecule has 5 N–H and O–H groups in total. The van der Waals surface area contributed by atoms with Crippen molar-refractivity contribution in [2.45, 2.75) is 19.8 Å². The van der Waals surface area contributed by atoms with E-state index in [2.05, 4.69) is 0 Å². The Morgan fingerprint density at radius 3 is 1.70 bits per heavy atom. The molecule has 0 aromatic carbocycles. The van der Waals surface area contributed by atoms with Gasteiger partial charge in [-0.2, -0.15) is 0 Å². The molecule has 0 atom stereocenters. The summed E-state index contributed by atoms with van der Waals surface area (Å²) in [6.07, 6.45) is 1.17. The second kappa shape index (κ2) is 11.2. The first-order valence-corrected chi connectivity index (χ1v) is 3.30. The van der Waals surface area contributed by atoms with E-state index in [0.717, 1.165) is 19.5 Å². The van der Waals surface area contributed by atoms with Gasteiger partial charge in [0.25, 0.3) is 0 Å². The number of hydrogen-bond acceptors (Lipinski definition) is 3. The molecule has 0 heterocycles. The first-order valence-electron chi connectivity index (χ1n) is 3.30. The predicted octanol–water partition coefficient (Wildman–Crippen LogP) is -0.225. The van der Waals surface area contributed by atoms with Gasteiger partial charge in [0.1, 0.15) is 0 Å². The van der Waals surface area contributed by atoms with Crippen molar-refractivity contribution >= 4 is 5.97 Å². The minimum Gasteiger partial charge on any atom is -0.481 e. The van der Waals surface area contributed by atoms with Crippen LogP contribution in [0, 0.1) is 0 Å². The van der Waals surface area contributed by atoms with Gasteiger partial charge in [-0.25, -0.2) is 0 Å². The lowest BCUT2D eigenvalue weighted by Gasteiger charge is -1.81. The van der Waals surface area contributed by atoms with Crippen molar-refractivity contribution in [1.29, 1.82) is 0 Å². The molecule has 0 saturated heterocycles. The SMILES string of the molecule is CCC(=O)O.NCCCN. The summed E-state index contributed by atoms with van der Waals surface area (Å²) >= 11 is 0. The van der Waals surface area contributed by atoms with E-state index in [4.69, 9.17) is 16.6 Å². The monoisotopic (exact) mass is 148 g/mol. The van der Waals surface area contributed by atoms with Gasteiger partial charge in [0, 0.05) is 6.42 Å². The van der Waals surface area contributed by atoms with Crippen molar-refractivity contribution in [2.24, 2.45) is 11.5 Å². The van der Waals surface area contributed by atoms with E-state index in [9.17, 15) is 4.79 Å². The average Bonchev–Trinajstić information content (AvgIpc) is 1.91. The molecule has 0 amide bonds. The molecular weight excluding hydrogens is 132 g/mol. The van der Waals surface area contributed by atoms with E-state index in [1.54, 1.807) is 6.92 Å². The van der Waals surface area contributed by atoms with Crippen LogP contribution in [0.3, 0.4) is 0 Å². The molecular formula is C6H16N2O2. The van der Waals surface area contributed by atoms with Crippen LogP contribution in [0.2, 0.25) is 0 Å². The van der Waals surface area contributed by atoms with E-state index < -0.39 is 5.97 Å². The Balaban J connectivity index is 0. The molecule has 0 unspecified atom stereocenters. The molecule has 0 aromatic rings. The van der Waals surface area contributed by atoms with Crippen LogP contribution >= 0.6 is 0 Å². The van der Waals surface area contributed by atoms with Gasteiger partial charge < -0.3 is 16.6 Å². The van der Waals surface area contributed by atoms with Gasteiger partial charge in [0.05, 0.1) is 0 Å². The number of hydrogen-bond donors (Lipinski definition) is 3. The molecule has 0 aliphatic heterocycles. The molecule has 0 aromatic heterocycles. The maximum Gasteiger partial charge on any atom is 0.303 e. The zero-order chi connectivity index (χ0) is 8.41. The predicted molar refractivity (Wildman–Crippen MR) is 40.7 cm³/mol. The third kappa shape index (κ3) is 26.3. The summed E-state index contributed by atoms with van der Waals surface area (Å²) in [5, 5.41) is 7.72. The lowest BCUT2D eigenvalue weighted by atomic mass is 10.4. The lowest BCUT2D eigenvalue weighted by molar-refractivity contribution is -0.136. The molecule has 0 aliphatic carbocycles. The van der Waals surface area contributed by atoms with Crippen LogP contribution in [-0.2, 0) is 4.79 Å². The first-order chi connectivity index (χ1) is 4.68. The Bertz CT molecular complexity index is 74.1. The van der Waals surface area contributed by atoms with Gasteiger partial charge in [0.15, 0.2) is 0 Å². The highest BCUT2D eigenvalue weighted by Gasteiger charge is 1.80. The fraction of sp³-hybridized carbons (Fsp3) is 0.833. The summed E-state index contributed by atoms with van der Waals surface area (Å²) in [4.78, 5) is 9.37.